The number of anilines is 1. The Hall–Kier alpha value is -1.56. The van der Waals surface area contributed by atoms with E-state index in [2.05, 4.69) is 5.32 Å². The fourth-order valence-electron chi connectivity index (χ4n) is 2.42. The Bertz CT molecular complexity index is 581. The van der Waals surface area contributed by atoms with Crippen molar-refractivity contribution in [1.29, 1.82) is 0 Å². The Morgan fingerprint density at radius 3 is 2.60 bits per heavy atom. The number of amides is 1. The van der Waals surface area contributed by atoms with Gasteiger partial charge in [-0.3, -0.25) is 4.79 Å². The maximum atomic E-state index is 11.9. The van der Waals surface area contributed by atoms with Gasteiger partial charge in [-0.2, -0.15) is 0 Å². The van der Waals surface area contributed by atoms with Crippen LogP contribution in [0.5, 0.6) is 0 Å². The standard InChI is InChI=1S/C14H20N2O3S/c1-10(11-2-4-12(15)5-3-11)8-14(17)16-13-6-7-20(18,19)9-13/h2-5,10,13H,6-9,15H2,1H3,(H,16,17). The van der Waals surface area contributed by atoms with Crippen molar-refractivity contribution in [2.24, 2.45) is 0 Å². The Morgan fingerprint density at radius 1 is 1.40 bits per heavy atom. The molecule has 1 aliphatic heterocycles. The average Bonchev–Trinajstić information content (AvgIpc) is 2.69. The number of rotatable bonds is 4. The minimum absolute atomic E-state index is 0.0645. The van der Waals surface area contributed by atoms with Crippen molar-refractivity contribution in [2.75, 3.05) is 17.2 Å². The maximum absolute atomic E-state index is 11.9. The molecule has 20 heavy (non-hydrogen) atoms. The smallest absolute Gasteiger partial charge is 0.220 e. The highest BCUT2D eigenvalue weighted by molar-refractivity contribution is 7.91. The van der Waals surface area contributed by atoms with Crippen LogP contribution in [-0.2, 0) is 14.6 Å². The summed E-state index contributed by atoms with van der Waals surface area (Å²) in [7, 11) is -2.96. The molecule has 2 rings (SSSR count). The molecule has 0 aliphatic carbocycles. The zero-order chi connectivity index (χ0) is 14.8. The van der Waals surface area contributed by atoms with Crippen LogP contribution in [0, 0.1) is 0 Å². The SMILES string of the molecule is CC(CC(=O)NC1CCS(=O)(=O)C1)c1ccc(N)cc1. The molecule has 5 nitrogen and oxygen atoms in total. The highest BCUT2D eigenvalue weighted by Crippen LogP contribution is 2.20. The van der Waals surface area contributed by atoms with Gasteiger partial charge in [-0.15, -0.1) is 0 Å². The van der Waals surface area contributed by atoms with E-state index >= 15 is 0 Å². The van der Waals surface area contributed by atoms with Gasteiger partial charge in [0.15, 0.2) is 9.84 Å². The van der Waals surface area contributed by atoms with Gasteiger partial charge >= 0.3 is 0 Å². The van der Waals surface area contributed by atoms with Gasteiger partial charge in [0.25, 0.3) is 0 Å². The number of hydrogen-bond acceptors (Lipinski definition) is 4. The lowest BCUT2D eigenvalue weighted by atomic mass is 9.97. The molecule has 1 aromatic rings. The highest BCUT2D eigenvalue weighted by atomic mass is 32.2. The van der Waals surface area contributed by atoms with Crippen LogP contribution < -0.4 is 11.1 Å². The number of nitrogen functional groups attached to an aromatic ring is 1. The first-order valence-electron chi connectivity index (χ1n) is 6.71. The highest BCUT2D eigenvalue weighted by Gasteiger charge is 2.29. The normalized spacial score (nSPS) is 22.4. The molecule has 3 N–H and O–H groups in total. The first kappa shape index (κ1) is 14.8. The van der Waals surface area contributed by atoms with Crippen LogP contribution >= 0.6 is 0 Å². The van der Waals surface area contributed by atoms with Gasteiger partial charge in [0.1, 0.15) is 0 Å². The van der Waals surface area contributed by atoms with Crippen LogP contribution in [0.25, 0.3) is 0 Å². The molecule has 6 heteroatoms. The second kappa shape index (κ2) is 5.83. The minimum Gasteiger partial charge on any atom is -0.399 e. The Morgan fingerprint density at radius 2 is 2.05 bits per heavy atom. The van der Waals surface area contributed by atoms with E-state index in [1.165, 1.54) is 0 Å². The third kappa shape index (κ3) is 3.96. The summed E-state index contributed by atoms with van der Waals surface area (Å²) >= 11 is 0. The summed E-state index contributed by atoms with van der Waals surface area (Å²) in [6.07, 6.45) is 0.866. The number of benzene rings is 1. The third-order valence-corrected chi connectivity index (χ3v) is 5.36. The first-order valence-corrected chi connectivity index (χ1v) is 8.53. The van der Waals surface area contributed by atoms with Gasteiger partial charge < -0.3 is 11.1 Å². The monoisotopic (exact) mass is 296 g/mol. The molecule has 1 saturated heterocycles. The van der Waals surface area contributed by atoms with E-state index in [0.29, 0.717) is 18.5 Å². The molecule has 1 fully saturated rings. The van der Waals surface area contributed by atoms with E-state index in [0.717, 1.165) is 5.56 Å². The van der Waals surface area contributed by atoms with Crippen LogP contribution in [-0.4, -0.2) is 31.9 Å². The summed E-state index contributed by atoms with van der Waals surface area (Å²) in [5.74, 6) is 0.213. The minimum atomic E-state index is -2.96. The fourth-order valence-corrected chi connectivity index (χ4v) is 4.09. The van der Waals surface area contributed by atoms with E-state index in [9.17, 15) is 13.2 Å². The molecule has 0 spiro atoms. The second-order valence-electron chi connectivity index (χ2n) is 5.44. The Labute approximate surface area is 119 Å². The molecule has 110 valence electrons. The van der Waals surface area contributed by atoms with Gasteiger partial charge in [-0.1, -0.05) is 19.1 Å². The van der Waals surface area contributed by atoms with Crippen LogP contribution in [0.3, 0.4) is 0 Å². The molecule has 0 aromatic heterocycles. The van der Waals surface area contributed by atoms with Gasteiger partial charge in [0.05, 0.1) is 11.5 Å². The quantitative estimate of drug-likeness (QED) is 0.813. The Balaban J connectivity index is 1.87. The number of nitrogens with two attached hydrogens (primary N) is 1. The zero-order valence-corrected chi connectivity index (χ0v) is 12.3. The summed E-state index contributed by atoms with van der Waals surface area (Å²) in [5, 5.41) is 2.80. The maximum Gasteiger partial charge on any atom is 0.220 e. The summed E-state index contributed by atoms with van der Waals surface area (Å²) in [6.45, 7) is 1.97. The molecular formula is C14H20N2O3S. The molecule has 2 unspecified atom stereocenters. The molecule has 1 amide bonds. The molecule has 2 atom stereocenters. The average molecular weight is 296 g/mol. The van der Waals surface area contributed by atoms with Crippen molar-refractivity contribution in [3.05, 3.63) is 29.8 Å². The lowest BCUT2D eigenvalue weighted by Crippen LogP contribution is -2.36. The van der Waals surface area contributed by atoms with Crippen LogP contribution in [0.2, 0.25) is 0 Å². The third-order valence-electron chi connectivity index (χ3n) is 3.59. The van der Waals surface area contributed by atoms with Gasteiger partial charge in [0, 0.05) is 18.2 Å². The van der Waals surface area contributed by atoms with E-state index in [4.69, 9.17) is 5.73 Å². The predicted octanol–water partition coefficient (Wildman–Crippen LogP) is 1.07. The molecule has 0 bridgehead atoms. The molecule has 0 radical (unpaired) electrons. The summed E-state index contributed by atoms with van der Waals surface area (Å²) in [6, 6.07) is 7.22. The number of carbonyl (C=O) groups is 1. The lowest BCUT2D eigenvalue weighted by Gasteiger charge is -2.15. The van der Waals surface area contributed by atoms with Gasteiger partial charge in [-0.25, -0.2) is 8.42 Å². The van der Waals surface area contributed by atoms with Crippen LogP contribution in [0.1, 0.15) is 31.2 Å². The summed E-state index contributed by atoms with van der Waals surface area (Å²) < 4.78 is 22.7. The molecular weight excluding hydrogens is 276 g/mol. The molecule has 1 aromatic carbocycles. The van der Waals surface area contributed by atoms with Crippen molar-refractivity contribution >= 4 is 21.4 Å². The molecule has 0 saturated carbocycles. The van der Waals surface area contributed by atoms with E-state index in [1.54, 1.807) is 0 Å². The predicted molar refractivity (Wildman–Crippen MR) is 79.1 cm³/mol. The van der Waals surface area contributed by atoms with Gasteiger partial charge in [-0.05, 0) is 30.0 Å². The number of carbonyl (C=O) groups excluding carboxylic acids is 1. The van der Waals surface area contributed by atoms with Crippen molar-refractivity contribution in [3.63, 3.8) is 0 Å². The molecule has 1 heterocycles. The van der Waals surface area contributed by atoms with E-state index < -0.39 is 9.84 Å². The summed E-state index contributed by atoms with van der Waals surface area (Å²) in [4.78, 5) is 11.9. The summed E-state index contributed by atoms with van der Waals surface area (Å²) in [5.41, 5.74) is 7.37. The van der Waals surface area contributed by atoms with Crippen molar-refractivity contribution in [2.45, 2.75) is 31.7 Å². The van der Waals surface area contributed by atoms with Crippen LogP contribution in [0.15, 0.2) is 24.3 Å². The zero-order valence-electron chi connectivity index (χ0n) is 11.5. The fraction of sp³-hybridized carbons (Fsp3) is 0.500. The van der Waals surface area contributed by atoms with Crippen molar-refractivity contribution < 1.29 is 13.2 Å². The topological polar surface area (TPSA) is 89.3 Å². The number of sulfone groups is 1. The van der Waals surface area contributed by atoms with Crippen LogP contribution in [0.4, 0.5) is 5.69 Å². The number of nitrogens with one attached hydrogen (secondary N) is 1. The number of hydrogen-bond donors (Lipinski definition) is 2. The Kier molecular flexibility index (Phi) is 4.32. The molecule has 1 aliphatic rings. The lowest BCUT2D eigenvalue weighted by molar-refractivity contribution is -0.121. The largest absolute Gasteiger partial charge is 0.399 e. The van der Waals surface area contributed by atoms with Crippen molar-refractivity contribution in [3.8, 4) is 0 Å². The van der Waals surface area contributed by atoms with Gasteiger partial charge in [0.2, 0.25) is 5.91 Å². The second-order valence-corrected chi connectivity index (χ2v) is 7.67. The van der Waals surface area contributed by atoms with E-state index in [1.807, 2.05) is 31.2 Å². The first-order chi connectivity index (χ1) is 9.35. The van der Waals surface area contributed by atoms with E-state index in [-0.39, 0.29) is 29.4 Å². The van der Waals surface area contributed by atoms with Crippen molar-refractivity contribution in [1.82, 2.24) is 5.32 Å².